The fraction of sp³-hybridized carbons (Fsp3) is 0.421. The van der Waals surface area contributed by atoms with Crippen molar-refractivity contribution in [2.75, 3.05) is 0 Å². The molecule has 0 aromatic heterocycles. The number of unbranched alkanes of at least 4 members (excludes halogenated alkanes) is 2. The maximum Gasteiger partial charge on any atom is 0.0779 e. The van der Waals surface area contributed by atoms with Crippen LogP contribution in [0.5, 0.6) is 0 Å². The highest BCUT2D eigenvalue weighted by Crippen LogP contribution is 2.21. The smallest absolute Gasteiger partial charge is 0.0779 e. The van der Waals surface area contributed by atoms with Gasteiger partial charge in [-0.1, -0.05) is 68.0 Å². The van der Waals surface area contributed by atoms with Crippen molar-refractivity contribution in [2.24, 2.45) is 4.99 Å². The predicted octanol–water partition coefficient (Wildman–Crippen LogP) is 5.90. The molecule has 0 amide bonds. The second-order valence-corrected chi connectivity index (χ2v) is 4.90. The van der Waals surface area contributed by atoms with E-state index in [1.54, 1.807) is 0 Å². The number of aliphatic imine (C=N–C) groups is 1. The topological polar surface area (TPSA) is 12.4 Å². The van der Waals surface area contributed by atoms with E-state index in [0.717, 1.165) is 32.1 Å². The van der Waals surface area contributed by atoms with E-state index in [2.05, 4.69) is 74.7 Å². The van der Waals surface area contributed by atoms with Gasteiger partial charge in [0, 0.05) is 0 Å². The molecular weight excluding hydrogens is 242 g/mol. The molecule has 0 heterocycles. The van der Waals surface area contributed by atoms with E-state index in [1.165, 1.54) is 5.56 Å². The Balaban J connectivity index is 2.55. The fourth-order valence-electron chi connectivity index (χ4n) is 1.99. The number of allylic oxidation sites excluding steroid dienone is 3. The van der Waals surface area contributed by atoms with Crippen molar-refractivity contribution in [3.05, 3.63) is 60.2 Å². The molecule has 0 saturated carbocycles. The molecule has 1 unspecified atom stereocenters. The molecule has 1 atom stereocenters. The summed E-state index contributed by atoms with van der Waals surface area (Å²) in [7, 11) is 0. The number of benzene rings is 1. The normalized spacial score (nSPS) is 13.7. The van der Waals surface area contributed by atoms with Crippen LogP contribution in [0.1, 0.15) is 57.6 Å². The Morgan fingerprint density at radius 2 is 1.75 bits per heavy atom. The summed E-state index contributed by atoms with van der Waals surface area (Å²) in [4.78, 5) is 4.73. The molecule has 0 aliphatic rings. The average Bonchev–Trinajstić information content (AvgIpc) is 2.50. The van der Waals surface area contributed by atoms with E-state index in [4.69, 9.17) is 4.99 Å². The van der Waals surface area contributed by atoms with Crippen molar-refractivity contribution in [2.45, 2.75) is 52.0 Å². The van der Waals surface area contributed by atoms with Gasteiger partial charge >= 0.3 is 0 Å². The third kappa shape index (κ3) is 7.08. The van der Waals surface area contributed by atoms with Gasteiger partial charge in [-0.25, -0.2) is 0 Å². The van der Waals surface area contributed by atoms with Gasteiger partial charge in [0.05, 0.1) is 6.04 Å². The number of hydrogen-bond donors (Lipinski definition) is 0. The SMILES string of the molecule is CC=CCCC=CCC(N=CCCC)c1ccccc1. The minimum Gasteiger partial charge on any atom is -0.289 e. The minimum atomic E-state index is 0.265. The summed E-state index contributed by atoms with van der Waals surface area (Å²) in [6, 6.07) is 10.8. The van der Waals surface area contributed by atoms with E-state index in [9.17, 15) is 0 Å². The predicted molar refractivity (Wildman–Crippen MR) is 90.4 cm³/mol. The lowest BCUT2D eigenvalue weighted by molar-refractivity contribution is 0.740. The van der Waals surface area contributed by atoms with E-state index < -0.39 is 0 Å². The van der Waals surface area contributed by atoms with E-state index in [-0.39, 0.29) is 6.04 Å². The Morgan fingerprint density at radius 1 is 1.00 bits per heavy atom. The Morgan fingerprint density at radius 3 is 2.45 bits per heavy atom. The summed E-state index contributed by atoms with van der Waals surface area (Å²) in [5, 5.41) is 0. The van der Waals surface area contributed by atoms with Gasteiger partial charge in [0.25, 0.3) is 0 Å². The molecular formula is C19H27N. The Labute approximate surface area is 124 Å². The molecule has 1 aromatic carbocycles. The molecule has 0 aliphatic heterocycles. The highest BCUT2D eigenvalue weighted by Gasteiger charge is 2.05. The molecule has 0 N–H and O–H groups in total. The Hall–Kier alpha value is -1.63. The molecule has 0 radical (unpaired) electrons. The first-order valence-corrected chi connectivity index (χ1v) is 7.71. The summed E-state index contributed by atoms with van der Waals surface area (Å²) >= 11 is 0. The standard InChI is InChI=1S/C19H27N/c1-3-5-7-8-9-13-16-19(20-17-6-4-2)18-14-11-10-12-15-18/h3,5,9-15,17,19H,4,6-8,16H2,1-2H3. The van der Waals surface area contributed by atoms with Crippen molar-refractivity contribution in [3.8, 4) is 0 Å². The van der Waals surface area contributed by atoms with E-state index in [0.29, 0.717) is 0 Å². The largest absolute Gasteiger partial charge is 0.289 e. The number of hydrogen-bond acceptors (Lipinski definition) is 1. The minimum absolute atomic E-state index is 0.265. The number of rotatable bonds is 9. The monoisotopic (exact) mass is 269 g/mol. The van der Waals surface area contributed by atoms with Crippen LogP contribution in [0.3, 0.4) is 0 Å². The Bertz CT molecular complexity index is 415. The highest BCUT2D eigenvalue weighted by molar-refractivity contribution is 5.57. The third-order valence-corrected chi connectivity index (χ3v) is 3.15. The van der Waals surface area contributed by atoms with Crippen LogP contribution in [0.4, 0.5) is 0 Å². The van der Waals surface area contributed by atoms with Crippen LogP contribution in [0.2, 0.25) is 0 Å². The molecule has 0 fully saturated rings. The molecule has 1 aromatic rings. The molecule has 1 heteroatoms. The first-order valence-electron chi connectivity index (χ1n) is 7.71. The van der Waals surface area contributed by atoms with Gasteiger partial charge in [-0.2, -0.15) is 0 Å². The van der Waals surface area contributed by atoms with Crippen LogP contribution < -0.4 is 0 Å². The molecule has 0 spiro atoms. The van der Waals surface area contributed by atoms with Crippen molar-refractivity contribution in [3.63, 3.8) is 0 Å². The van der Waals surface area contributed by atoms with Gasteiger partial charge in [-0.05, 0) is 44.4 Å². The fourth-order valence-corrected chi connectivity index (χ4v) is 1.99. The van der Waals surface area contributed by atoms with Gasteiger partial charge in [0.2, 0.25) is 0 Å². The van der Waals surface area contributed by atoms with Gasteiger partial charge in [0.1, 0.15) is 0 Å². The average molecular weight is 269 g/mol. The molecule has 0 saturated heterocycles. The van der Waals surface area contributed by atoms with Crippen molar-refractivity contribution >= 4 is 6.21 Å². The van der Waals surface area contributed by atoms with Crippen LogP contribution in [0.15, 0.2) is 59.6 Å². The van der Waals surface area contributed by atoms with Crippen LogP contribution in [-0.2, 0) is 0 Å². The van der Waals surface area contributed by atoms with Crippen molar-refractivity contribution < 1.29 is 0 Å². The van der Waals surface area contributed by atoms with Crippen LogP contribution >= 0.6 is 0 Å². The summed E-state index contributed by atoms with van der Waals surface area (Å²) in [6.45, 7) is 4.25. The maximum atomic E-state index is 4.73. The highest BCUT2D eigenvalue weighted by atomic mass is 14.8. The van der Waals surface area contributed by atoms with E-state index >= 15 is 0 Å². The zero-order chi connectivity index (χ0) is 14.5. The molecule has 1 rings (SSSR count). The molecule has 20 heavy (non-hydrogen) atoms. The lowest BCUT2D eigenvalue weighted by Crippen LogP contribution is -1.94. The first kappa shape index (κ1) is 16.4. The van der Waals surface area contributed by atoms with Gasteiger partial charge in [-0.15, -0.1) is 0 Å². The molecule has 1 nitrogen and oxygen atoms in total. The zero-order valence-electron chi connectivity index (χ0n) is 12.8. The van der Waals surface area contributed by atoms with Crippen LogP contribution in [0.25, 0.3) is 0 Å². The Kier molecular flexibility index (Phi) is 9.21. The number of nitrogens with zero attached hydrogens (tertiary/aromatic N) is 1. The maximum absolute atomic E-state index is 4.73. The van der Waals surface area contributed by atoms with Gasteiger partial charge in [-0.3, -0.25) is 4.99 Å². The summed E-state index contributed by atoms with van der Waals surface area (Å²) < 4.78 is 0. The van der Waals surface area contributed by atoms with Crippen LogP contribution in [-0.4, -0.2) is 6.21 Å². The first-order chi connectivity index (χ1) is 9.88. The lowest BCUT2D eigenvalue weighted by atomic mass is 10.0. The lowest BCUT2D eigenvalue weighted by Gasteiger charge is -2.10. The second-order valence-electron chi connectivity index (χ2n) is 4.90. The summed E-state index contributed by atoms with van der Waals surface area (Å²) in [6.07, 6.45) is 16.4. The molecule has 0 aliphatic carbocycles. The zero-order valence-corrected chi connectivity index (χ0v) is 12.8. The van der Waals surface area contributed by atoms with Crippen molar-refractivity contribution in [1.82, 2.24) is 0 Å². The van der Waals surface area contributed by atoms with E-state index in [1.807, 2.05) is 0 Å². The molecule has 0 bridgehead atoms. The van der Waals surface area contributed by atoms with Gasteiger partial charge < -0.3 is 0 Å². The van der Waals surface area contributed by atoms with Crippen LogP contribution in [0, 0.1) is 0 Å². The quantitative estimate of drug-likeness (QED) is 0.300. The second kappa shape index (κ2) is 11.2. The summed E-state index contributed by atoms with van der Waals surface area (Å²) in [5.41, 5.74) is 1.30. The molecule has 108 valence electrons. The van der Waals surface area contributed by atoms with Gasteiger partial charge in [0.15, 0.2) is 0 Å². The third-order valence-electron chi connectivity index (χ3n) is 3.15. The van der Waals surface area contributed by atoms with Crippen molar-refractivity contribution in [1.29, 1.82) is 0 Å². The summed E-state index contributed by atoms with van der Waals surface area (Å²) in [5.74, 6) is 0.